The summed E-state index contributed by atoms with van der Waals surface area (Å²) in [6, 6.07) is 7.95. The fourth-order valence-corrected chi connectivity index (χ4v) is 3.67. The summed E-state index contributed by atoms with van der Waals surface area (Å²) in [5.41, 5.74) is 1.05. The van der Waals surface area contributed by atoms with E-state index in [9.17, 15) is 0 Å². The van der Waals surface area contributed by atoms with E-state index >= 15 is 0 Å². The molecule has 0 amide bonds. The van der Waals surface area contributed by atoms with Gasteiger partial charge in [0.15, 0.2) is 0 Å². The van der Waals surface area contributed by atoms with Crippen molar-refractivity contribution in [2.75, 3.05) is 7.11 Å². The molecule has 0 saturated heterocycles. The number of alkyl halides is 1. The molecule has 1 nitrogen and oxygen atoms in total. The van der Waals surface area contributed by atoms with E-state index in [0.717, 1.165) is 25.1 Å². The first kappa shape index (κ1) is 13.4. The Balaban J connectivity index is 2.35. The average Bonchev–Trinajstić information content (AvgIpc) is 2.80. The Bertz CT molecular complexity index is 527. The molecule has 0 aliphatic carbocycles. The molecule has 0 fully saturated rings. The second-order valence-electron chi connectivity index (χ2n) is 3.42. The number of methoxy groups -OCH3 is 1. The molecule has 1 aromatic heterocycles. The Kier molecular flexibility index (Phi) is 4.53. The molecular weight excluding hydrogens is 387 g/mol. The van der Waals surface area contributed by atoms with Gasteiger partial charge in [0, 0.05) is 19.2 Å². The van der Waals surface area contributed by atoms with Gasteiger partial charge in [0.05, 0.1) is 12.5 Å². The monoisotopic (exact) mass is 394 g/mol. The molecule has 1 unspecified atom stereocenters. The minimum absolute atomic E-state index is 0.171. The third-order valence-electron chi connectivity index (χ3n) is 2.31. The fraction of sp³-hybridized carbons (Fsp3) is 0.167. The highest BCUT2D eigenvalue weighted by Crippen LogP contribution is 2.39. The Morgan fingerprint density at radius 1 is 1.29 bits per heavy atom. The van der Waals surface area contributed by atoms with Crippen LogP contribution in [0.4, 0.5) is 0 Å². The molecule has 1 atom stereocenters. The van der Waals surface area contributed by atoms with Crippen LogP contribution < -0.4 is 4.74 Å². The van der Waals surface area contributed by atoms with Gasteiger partial charge in [0.2, 0.25) is 0 Å². The van der Waals surface area contributed by atoms with E-state index in [4.69, 9.17) is 16.3 Å². The first-order valence-corrected chi connectivity index (χ1v) is 7.73. The zero-order valence-corrected chi connectivity index (χ0v) is 13.7. The third-order valence-corrected chi connectivity index (χ3v) is 5.10. The minimum atomic E-state index is -0.171. The van der Waals surface area contributed by atoms with Gasteiger partial charge in [-0.05, 0) is 29.8 Å². The smallest absolute Gasteiger partial charge is 0.129 e. The van der Waals surface area contributed by atoms with Crippen LogP contribution in [0.15, 0.2) is 38.6 Å². The summed E-state index contributed by atoms with van der Waals surface area (Å²) in [5.74, 6) is 0.849. The van der Waals surface area contributed by atoms with Gasteiger partial charge in [-0.2, -0.15) is 0 Å². The van der Waals surface area contributed by atoms with Crippen molar-refractivity contribution in [2.24, 2.45) is 0 Å². The zero-order chi connectivity index (χ0) is 12.4. The maximum Gasteiger partial charge on any atom is 0.129 e. The predicted octanol–water partition coefficient (Wildman–Crippen LogP) is 5.61. The van der Waals surface area contributed by atoms with Crippen molar-refractivity contribution in [1.82, 2.24) is 0 Å². The number of hydrogen-bond acceptors (Lipinski definition) is 2. The fourth-order valence-electron chi connectivity index (χ4n) is 1.44. The van der Waals surface area contributed by atoms with Crippen molar-refractivity contribution in [3.8, 4) is 5.75 Å². The van der Waals surface area contributed by atoms with Gasteiger partial charge in [-0.15, -0.1) is 22.9 Å². The van der Waals surface area contributed by atoms with Gasteiger partial charge in [-0.25, -0.2) is 0 Å². The molecule has 0 saturated carbocycles. The van der Waals surface area contributed by atoms with Crippen LogP contribution in [0.3, 0.4) is 0 Å². The Labute approximate surface area is 126 Å². The Hall–Kier alpha value is -0.0300. The number of hydrogen-bond donors (Lipinski definition) is 0. The topological polar surface area (TPSA) is 9.23 Å². The highest BCUT2D eigenvalue weighted by molar-refractivity contribution is 9.11. The van der Waals surface area contributed by atoms with E-state index in [1.165, 1.54) is 0 Å². The van der Waals surface area contributed by atoms with Crippen LogP contribution in [-0.2, 0) is 0 Å². The first-order valence-electron chi connectivity index (χ1n) is 4.83. The van der Waals surface area contributed by atoms with Gasteiger partial charge in [0.1, 0.15) is 5.75 Å². The second kappa shape index (κ2) is 5.74. The number of halogens is 3. The van der Waals surface area contributed by atoms with E-state index in [0.29, 0.717) is 0 Å². The van der Waals surface area contributed by atoms with E-state index in [2.05, 4.69) is 31.9 Å². The van der Waals surface area contributed by atoms with Crippen molar-refractivity contribution in [3.05, 3.63) is 49.0 Å². The molecule has 0 radical (unpaired) electrons. The molecule has 0 N–H and O–H groups in total. The average molecular weight is 397 g/mol. The Morgan fingerprint density at radius 3 is 2.71 bits per heavy atom. The van der Waals surface area contributed by atoms with Gasteiger partial charge < -0.3 is 4.74 Å². The predicted molar refractivity (Wildman–Crippen MR) is 80.4 cm³/mol. The molecule has 0 bridgehead atoms. The van der Waals surface area contributed by atoms with Gasteiger partial charge in [0.25, 0.3) is 0 Å². The second-order valence-corrected chi connectivity index (χ2v) is 6.57. The third kappa shape index (κ3) is 3.05. The van der Waals surface area contributed by atoms with Crippen LogP contribution in [0, 0.1) is 0 Å². The maximum atomic E-state index is 6.48. The van der Waals surface area contributed by atoms with Crippen LogP contribution in [0.25, 0.3) is 0 Å². The van der Waals surface area contributed by atoms with Crippen molar-refractivity contribution in [1.29, 1.82) is 0 Å². The van der Waals surface area contributed by atoms with E-state index in [1.807, 2.05) is 29.6 Å². The summed E-state index contributed by atoms with van der Waals surface area (Å²) >= 11 is 15.1. The lowest BCUT2D eigenvalue weighted by Crippen LogP contribution is -1.92. The van der Waals surface area contributed by atoms with Gasteiger partial charge >= 0.3 is 0 Å². The molecule has 2 rings (SSSR count). The summed E-state index contributed by atoms with van der Waals surface area (Å²) < 4.78 is 7.19. The van der Waals surface area contributed by atoms with Crippen molar-refractivity contribution in [3.63, 3.8) is 0 Å². The van der Waals surface area contributed by atoms with Crippen LogP contribution in [-0.4, -0.2) is 7.11 Å². The summed E-state index contributed by atoms with van der Waals surface area (Å²) in [6.07, 6.45) is 0. The molecule has 17 heavy (non-hydrogen) atoms. The minimum Gasteiger partial charge on any atom is -0.496 e. The number of rotatable bonds is 3. The summed E-state index contributed by atoms with van der Waals surface area (Å²) in [4.78, 5) is 1.07. The normalized spacial score (nSPS) is 12.5. The van der Waals surface area contributed by atoms with Crippen molar-refractivity contribution in [2.45, 2.75) is 5.38 Å². The van der Waals surface area contributed by atoms with Crippen molar-refractivity contribution >= 4 is 54.8 Å². The molecule has 0 aliphatic rings. The summed E-state index contributed by atoms with van der Waals surface area (Å²) in [7, 11) is 1.66. The molecule has 1 heterocycles. The molecule has 2 aromatic rings. The quantitative estimate of drug-likeness (QED) is 0.613. The number of thiophene rings is 1. The van der Waals surface area contributed by atoms with Gasteiger partial charge in [-0.1, -0.05) is 31.9 Å². The van der Waals surface area contributed by atoms with Crippen molar-refractivity contribution < 1.29 is 4.74 Å². The highest BCUT2D eigenvalue weighted by atomic mass is 79.9. The zero-order valence-electron chi connectivity index (χ0n) is 8.91. The molecular formula is C12H9Br2ClOS. The van der Waals surface area contributed by atoms with Crippen LogP contribution in [0.2, 0.25) is 0 Å². The molecule has 0 spiro atoms. The van der Waals surface area contributed by atoms with Crippen LogP contribution >= 0.6 is 54.8 Å². The standard InChI is InChI=1S/C12H9Br2ClOS/c1-16-8-5-11(17-6-8)12(15)9-4-7(13)2-3-10(9)14/h2-6,12H,1H3. The Morgan fingerprint density at radius 2 is 2.06 bits per heavy atom. The van der Waals surface area contributed by atoms with E-state index < -0.39 is 0 Å². The SMILES string of the molecule is COc1csc(C(Cl)c2cc(Br)ccc2Br)c1. The number of ether oxygens (including phenoxy) is 1. The highest BCUT2D eigenvalue weighted by Gasteiger charge is 2.16. The largest absolute Gasteiger partial charge is 0.496 e. The maximum absolute atomic E-state index is 6.48. The molecule has 5 heteroatoms. The summed E-state index contributed by atoms with van der Waals surface area (Å²) in [6.45, 7) is 0. The first-order chi connectivity index (χ1) is 8.11. The molecule has 1 aromatic carbocycles. The number of benzene rings is 1. The molecule has 90 valence electrons. The van der Waals surface area contributed by atoms with Gasteiger partial charge in [-0.3, -0.25) is 0 Å². The van der Waals surface area contributed by atoms with Crippen LogP contribution in [0.5, 0.6) is 5.75 Å². The lowest BCUT2D eigenvalue weighted by molar-refractivity contribution is 0.416. The summed E-state index contributed by atoms with van der Waals surface area (Å²) in [5, 5.41) is 1.78. The lowest BCUT2D eigenvalue weighted by Gasteiger charge is -2.10. The lowest BCUT2D eigenvalue weighted by atomic mass is 10.1. The molecule has 0 aliphatic heterocycles. The van der Waals surface area contributed by atoms with E-state index in [-0.39, 0.29) is 5.38 Å². The van der Waals surface area contributed by atoms with Crippen LogP contribution in [0.1, 0.15) is 15.8 Å². The van der Waals surface area contributed by atoms with E-state index in [1.54, 1.807) is 18.4 Å².